The van der Waals surface area contributed by atoms with Crippen molar-refractivity contribution in [3.05, 3.63) is 70.9 Å². The quantitative estimate of drug-likeness (QED) is 0.725. The molecular formula is C16H12ClF2N5. The maximum atomic E-state index is 13.2. The zero-order chi connectivity index (χ0) is 16.9. The van der Waals surface area contributed by atoms with Crippen molar-refractivity contribution < 1.29 is 8.78 Å². The maximum absolute atomic E-state index is 13.2. The van der Waals surface area contributed by atoms with Gasteiger partial charge in [-0.15, -0.1) is 5.10 Å². The van der Waals surface area contributed by atoms with Crippen LogP contribution in [-0.4, -0.2) is 15.2 Å². The first-order chi connectivity index (χ1) is 11.6. The first kappa shape index (κ1) is 16.1. The van der Waals surface area contributed by atoms with E-state index in [2.05, 4.69) is 25.8 Å². The third-order valence-corrected chi connectivity index (χ3v) is 3.51. The Labute approximate surface area is 141 Å². The van der Waals surface area contributed by atoms with Gasteiger partial charge in [0.25, 0.3) is 0 Å². The van der Waals surface area contributed by atoms with Crippen molar-refractivity contribution >= 4 is 29.1 Å². The molecule has 0 unspecified atom stereocenters. The largest absolute Gasteiger partial charge is 0.349 e. The van der Waals surface area contributed by atoms with E-state index in [-0.39, 0.29) is 5.95 Å². The van der Waals surface area contributed by atoms with E-state index < -0.39 is 11.6 Å². The first-order valence-corrected chi connectivity index (χ1v) is 7.39. The summed E-state index contributed by atoms with van der Waals surface area (Å²) < 4.78 is 26.2. The van der Waals surface area contributed by atoms with Crippen LogP contribution in [0.3, 0.4) is 0 Å². The lowest BCUT2D eigenvalue weighted by atomic mass is 10.2. The van der Waals surface area contributed by atoms with E-state index in [4.69, 9.17) is 11.6 Å². The highest BCUT2D eigenvalue weighted by atomic mass is 35.5. The van der Waals surface area contributed by atoms with Crippen molar-refractivity contribution in [1.82, 2.24) is 15.2 Å². The molecule has 0 saturated carbocycles. The van der Waals surface area contributed by atoms with Crippen LogP contribution in [0.4, 0.5) is 26.2 Å². The van der Waals surface area contributed by atoms with E-state index in [0.29, 0.717) is 23.1 Å². The summed E-state index contributed by atoms with van der Waals surface area (Å²) in [4.78, 5) is 4.21. The summed E-state index contributed by atoms with van der Waals surface area (Å²) in [5.41, 5.74) is 1.24. The van der Waals surface area contributed by atoms with Crippen LogP contribution in [0.5, 0.6) is 0 Å². The van der Waals surface area contributed by atoms with Crippen LogP contribution in [0, 0.1) is 11.6 Å². The molecule has 3 aromatic rings. The van der Waals surface area contributed by atoms with Gasteiger partial charge in [0.05, 0.1) is 6.20 Å². The van der Waals surface area contributed by atoms with E-state index >= 15 is 0 Å². The molecule has 1 heterocycles. The number of nitrogens with zero attached hydrogens (tertiary/aromatic N) is 3. The number of benzene rings is 2. The Morgan fingerprint density at radius 3 is 2.67 bits per heavy atom. The summed E-state index contributed by atoms with van der Waals surface area (Å²) in [6, 6.07) is 10.9. The molecule has 24 heavy (non-hydrogen) atoms. The maximum Gasteiger partial charge on any atom is 0.244 e. The summed E-state index contributed by atoms with van der Waals surface area (Å²) in [5.74, 6) is -1.23. The zero-order valence-electron chi connectivity index (χ0n) is 12.3. The number of rotatable bonds is 5. The van der Waals surface area contributed by atoms with Crippen LogP contribution in [-0.2, 0) is 6.54 Å². The van der Waals surface area contributed by atoms with Crippen LogP contribution in [0.15, 0.2) is 48.7 Å². The predicted octanol–water partition coefficient (Wildman–Crippen LogP) is 4.16. The van der Waals surface area contributed by atoms with Gasteiger partial charge < -0.3 is 10.6 Å². The van der Waals surface area contributed by atoms with Crippen LogP contribution in [0.1, 0.15) is 5.56 Å². The molecule has 0 atom stereocenters. The van der Waals surface area contributed by atoms with Crippen LogP contribution < -0.4 is 10.6 Å². The van der Waals surface area contributed by atoms with Gasteiger partial charge in [-0.3, -0.25) is 0 Å². The van der Waals surface area contributed by atoms with Crippen LogP contribution in [0.2, 0.25) is 5.02 Å². The van der Waals surface area contributed by atoms with Gasteiger partial charge in [-0.05, 0) is 23.8 Å². The minimum Gasteiger partial charge on any atom is -0.349 e. The summed E-state index contributed by atoms with van der Waals surface area (Å²) >= 11 is 6.08. The highest BCUT2D eigenvalue weighted by Crippen LogP contribution is 2.18. The molecule has 0 saturated heterocycles. The van der Waals surface area contributed by atoms with Gasteiger partial charge >= 0.3 is 0 Å². The lowest BCUT2D eigenvalue weighted by molar-refractivity contribution is 0.509. The fourth-order valence-electron chi connectivity index (χ4n) is 1.98. The van der Waals surface area contributed by atoms with Crippen LogP contribution in [0.25, 0.3) is 0 Å². The highest BCUT2D eigenvalue weighted by Gasteiger charge is 2.06. The van der Waals surface area contributed by atoms with Crippen molar-refractivity contribution in [2.45, 2.75) is 6.54 Å². The normalized spacial score (nSPS) is 10.5. The number of anilines is 3. The molecule has 0 bridgehead atoms. The number of hydrogen-bond acceptors (Lipinski definition) is 5. The molecule has 0 aliphatic heterocycles. The molecule has 0 amide bonds. The summed E-state index contributed by atoms with van der Waals surface area (Å²) in [7, 11) is 0. The van der Waals surface area contributed by atoms with Gasteiger partial charge in [-0.25, -0.2) is 8.78 Å². The third-order valence-electron chi connectivity index (χ3n) is 3.15. The van der Waals surface area contributed by atoms with Crippen molar-refractivity contribution in [1.29, 1.82) is 0 Å². The molecular weight excluding hydrogens is 336 g/mol. The molecule has 0 aliphatic rings. The SMILES string of the molecule is Fc1ccc(Nc2cnnc(NCc3ccccc3Cl)n2)cc1F. The Hall–Kier alpha value is -2.80. The Morgan fingerprint density at radius 1 is 1.04 bits per heavy atom. The van der Waals surface area contributed by atoms with Gasteiger partial charge in [-0.1, -0.05) is 29.8 Å². The van der Waals surface area contributed by atoms with Crippen molar-refractivity contribution in [3.8, 4) is 0 Å². The van der Waals surface area contributed by atoms with Gasteiger partial charge in [0, 0.05) is 23.3 Å². The molecule has 3 rings (SSSR count). The lowest BCUT2D eigenvalue weighted by Gasteiger charge is -2.08. The smallest absolute Gasteiger partial charge is 0.244 e. The minimum absolute atomic E-state index is 0.280. The second-order valence-corrected chi connectivity index (χ2v) is 5.27. The fourth-order valence-corrected chi connectivity index (χ4v) is 2.18. The highest BCUT2D eigenvalue weighted by molar-refractivity contribution is 6.31. The Bertz CT molecular complexity index is 859. The van der Waals surface area contributed by atoms with E-state index in [1.165, 1.54) is 12.3 Å². The molecule has 2 N–H and O–H groups in total. The van der Waals surface area contributed by atoms with Crippen molar-refractivity contribution in [2.24, 2.45) is 0 Å². The standard InChI is InChI=1S/C16H12ClF2N5/c17-12-4-2-1-3-10(12)8-20-16-23-15(9-21-24-16)22-11-5-6-13(18)14(19)7-11/h1-7,9H,8H2,(H2,20,22,23,24). The molecule has 0 aliphatic carbocycles. The average Bonchev–Trinajstić information content (AvgIpc) is 2.58. The monoisotopic (exact) mass is 347 g/mol. The molecule has 8 heteroatoms. The zero-order valence-corrected chi connectivity index (χ0v) is 13.1. The number of hydrogen-bond donors (Lipinski definition) is 2. The summed E-state index contributed by atoms with van der Waals surface area (Å²) in [5, 5.41) is 14.2. The summed E-state index contributed by atoms with van der Waals surface area (Å²) in [6.45, 7) is 0.427. The Morgan fingerprint density at radius 2 is 1.88 bits per heavy atom. The van der Waals surface area contributed by atoms with Gasteiger partial charge in [0.1, 0.15) is 0 Å². The van der Waals surface area contributed by atoms with E-state index in [9.17, 15) is 8.78 Å². The van der Waals surface area contributed by atoms with E-state index in [1.807, 2.05) is 18.2 Å². The van der Waals surface area contributed by atoms with E-state index in [1.54, 1.807) is 6.07 Å². The number of halogens is 3. The van der Waals surface area contributed by atoms with Crippen molar-refractivity contribution in [3.63, 3.8) is 0 Å². The van der Waals surface area contributed by atoms with Gasteiger partial charge in [0.15, 0.2) is 17.5 Å². The summed E-state index contributed by atoms with van der Waals surface area (Å²) in [6.07, 6.45) is 1.38. The van der Waals surface area contributed by atoms with Crippen LogP contribution >= 0.6 is 11.6 Å². The van der Waals surface area contributed by atoms with Gasteiger partial charge in [0.2, 0.25) is 5.95 Å². The third kappa shape index (κ3) is 3.94. The average molecular weight is 348 g/mol. The predicted molar refractivity (Wildman–Crippen MR) is 88.2 cm³/mol. The Kier molecular flexibility index (Phi) is 4.81. The molecule has 2 aromatic carbocycles. The second-order valence-electron chi connectivity index (χ2n) is 4.86. The molecule has 5 nitrogen and oxygen atoms in total. The topological polar surface area (TPSA) is 62.7 Å². The minimum atomic E-state index is -0.945. The van der Waals surface area contributed by atoms with Crippen molar-refractivity contribution in [2.75, 3.05) is 10.6 Å². The molecule has 0 radical (unpaired) electrons. The Balaban J connectivity index is 1.69. The molecule has 1 aromatic heterocycles. The fraction of sp³-hybridized carbons (Fsp3) is 0.0625. The molecule has 122 valence electrons. The number of aromatic nitrogens is 3. The second kappa shape index (κ2) is 7.18. The molecule has 0 spiro atoms. The number of nitrogens with one attached hydrogen (secondary N) is 2. The van der Waals surface area contributed by atoms with E-state index in [0.717, 1.165) is 17.7 Å². The molecule has 0 fully saturated rings. The van der Waals surface area contributed by atoms with Gasteiger partial charge in [-0.2, -0.15) is 10.1 Å². The first-order valence-electron chi connectivity index (χ1n) is 7.01. The lowest BCUT2D eigenvalue weighted by Crippen LogP contribution is -2.06.